The number of nitrogens with one attached hydrogen (secondary N) is 1. The highest BCUT2D eigenvalue weighted by Crippen LogP contribution is 2.53. The van der Waals surface area contributed by atoms with Crippen LogP contribution in [0.5, 0.6) is 0 Å². The zero-order valence-corrected chi connectivity index (χ0v) is 13.7. The standard InChI is InChI=1S/C18H13F3N2O4/c19-18(20,21)9-6-12-14-10-4-2-1-3-8(10)5-11(14)16(17(24)25)22-15(12)13(7-9)23(26)27/h1-4,6-7,11,14,16,22H,5H2,(H,24,25). The number of anilines is 1. The van der Waals surface area contributed by atoms with Crippen LogP contribution in [-0.4, -0.2) is 22.0 Å². The molecule has 27 heavy (non-hydrogen) atoms. The fraction of sp³-hybridized carbons (Fsp3) is 0.278. The fourth-order valence-corrected chi connectivity index (χ4v) is 4.20. The largest absolute Gasteiger partial charge is 0.480 e. The smallest absolute Gasteiger partial charge is 0.416 e. The SMILES string of the molecule is O=C(O)C1Nc2c(cc(C(F)(F)F)cc2[N+](=O)[O-])C2c3ccccc3CC12. The minimum Gasteiger partial charge on any atom is -0.480 e. The van der Waals surface area contributed by atoms with E-state index in [2.05, 4.69) is 5.32 Å². The lowest BCUT2D eigenvalue weighted by Crippen LogP contribution is -2.43. The van der Waals surface area contributed by atoms with Crippen molar-refractivity contribution in [3.63, 3.8) is 0 Å². The Morgan fingerprint density at radius 1 is 1.22 bits per heavy atom. The lowest BCUT2D eigenvalue weighted by atomic mass is 9.77. The van der Waals surface area contributed by atoms with E-state index in [0.717, 1.165) is 11.6 Å². The van der Waals surface area contributed by atoms with Gasteiger partial charge in [-0.05, 0) is 29.2 Å². The second-order valence-corrected chi connectivity index (χ2v) is 6.72. The van der Waals surface area contributed by atoms with E-state index in [-0.39, 0.29) is 11.3 Å². The van der Waals surface area contributed by atoms with E-state index in [0.29, 0.717) is 18.1 Å². The van der Waals surface area contributed by atoms with Crippen molar-refractivity contribution >= 4 is 17.3 Å². The number of halogens is 3. The van der Waals surface area contributed by atoms with Crippen LogP contribution in [0.1, 0.15) is 28.2 Å². The summed E-state index contributed by atoms with van der Waals surface area (Å²) in [5.41, 5.74) is -0.374. The molecule has 2 aromatic rings. The monoisotopic (exact) mass is 378 g/mol. The van der Waals surface area contributed by atoms with Crippen LogP contribution in [0.4, 0.5) is 24.5 Å². The molecule has 2 aliphatic rings. The second kappa shape index (κ2) is 5.70. The first-order chi connectivity index (χ1) is 12.7. The summed E-state index contributed by atoms with van der Waals surface area (Å²) in [4.78, 5) is 22.3. The average Bonchev–Trinajstić information content (AvgIpc) is 2.98. The van der Waals surface area contributed by atoms with Crippen LogP contribution in [-0.2, 0) is 17.4 Å². The number of carboxylic acid groups (broad SMARTS) is 1. The number of alkyl halides is 3. The highest BCUT2D eigenvalue weighted by atomic mass is 19.4. The van der Waals surface area contributed by atoms with Gasteiger partial charge >= 0.3 is 12.1 Å². The zero-order valence-electron chi connectivity index (χ0n) is 13.7. The first-order valence-electron chi connectivity index (χ1n) is 8.15. The fourth-order valence-electron chi connectivity index (χ4n) is 4.20. The molecule has 4 rings (SSSR count). The van der Waals surface area contributed by atoms with Crippen molar-refractivity contribution < 1.29 is 28.0 Å². The average molecular weight is 378 g/mol. The highest BCUT2D eigenvalue weighted by Gasteiger charge is 2.48. The van der Waals surface area contributed by atoms with Crippen LogP contribution in [0.3, 0.4) is 0 Å². The number of aliphatic carboxylic acids is 1. The van der Waals surface area contributed by atoms with Crippen molar-refractivity contribution in [2.24, 2.45) is 5.92 Å². The molecular formula is C18H13F3N2O4. The van der Waals surface area contributed by atoms with E-state index < -0.39 is 46.2 Å². The van der Waals surface area contributed by atoms with Crippen LogP contribution in [0.2, 0.25) is 0 Å². The van der Waals surface area contributed by atoms with Gasteiger partial charge < -0.3 is 10.4 Å². The van der Waals surface area contributed by atoms with Gasteiger partial charge in [-0.2, -0.15) is 13.2 Å². The van der Waals surface area contributed by atoms with Crippen molar-refractivity contribution in [3.8, 4) is 0 Å². The number of fused-ring (bicyclic) bond motifs is 5. The Kier molecular flexibility index (Phi) is 3.66. The first-order valence-corrected chi connectivity index (χ1v) is 8.15. The number of nitro benzene ring substituents is 1. The normalized spacial score (nSPS) is 23.0. The van der Waals surface area contributed by atoms with Gasteiger partial charge in [0.1, 0.15) is 11.7 Å². The maximum absolute atomic E-state index is 13.3. The third-order valence-corrected chi connectivity index (χ3v) is 5.28. The zero-order chi connectivity index (χ0) is 19.5. The van der Waals surface area contributed by atoms with Crippen molar-refractivity contribution in [2.45, 2.75) is 24.6 Å². The maximum atomic E-state index is 13.3. The molecule has 6 nitrogen and oxygen atoms in total. The van der Waals surface area contributed by atoms with Crippen LogP contribution in [0.15, 0.2) is 36.4 Å². The molecule has 1 heterocycles. The molecule has 0 saturated heterocycles. The number of rotatable bonds is 2. The number of benzene rings is 2. The van der Waals surface area contributed by atoms with E-state index in [1.807, 2.05) is 0 Å². The molecule has 2 N–H and O–H groups in total. The van der Waals surface area contributed by atoms with Crippen LogP contribution >= 0.6 is 0 Å². The Morgan fingerprint density at radius 3 is 2.56 bits per heavy atom. The Hall–Kier alpha value is -3.10. The maximum Gasteiger partial charge on any atom is 0.416 e. The molecular weight excluding hydrogens is 365 g/mol. The number of nitro groups is 1. The van der Waals surface area contributed by atoms with E-state index in [1.165, 1.54) is 0 Å². The predicted octanol–water partition coefficient (Wildman–Crippen LogP) is 3.80. The molecule has 0 bridgehead atoms. The molecule has 0 fully saturated rings. The van der Waals surface area contributed by atoms with Crippen molar-refractivity contribution in [2.75, 3.05) is 5.32 Å². The molecule has 0 amide bonds. The van der Waals surface area contributed by atoms with E-state index in [1.54, 1.807) is 24.3 Å². The lowest BCUT2D eigenvalue weighted by Gasteiger charge is -2.35. The van der Waals surface area contributed by atoms with Gasteiger partial charge in [-0.3, -0.25) is 10.1 Å². The molecule has 1 aliphatic heterocycles. The van der Waals surface area contributed by atoms with E-state index in [9.17, 15) is 33.2 Å². The van der Waals surface area contributed by atoms with E-state index in [4.69, 9.17) is 0 Å². The van der Waals surface area contributed by atoms with Gasteiger partial charge in [0.25, 0.3) is 5.69 Å². The third kappa shape index (κ3) is 2.61. The summed E-state index contributed by atoms with van der Waals surface area (Å²) in [7, 11) is 0. The van der Waals surface area contributed by atoms with Crippen LogP contribution in [0.25, 0.3) is 0 Å². The first kappa shape index (κ1) is 17.3. The summed E-state index contributed by atoms with van der Waals surface area (Å²) in [5, 5.41) is 23.6. The summed E-state index contributed by atoms with van der Waals surface area (Å²) in [6.45, 7) is 0. The topological polar surface area (TPSA) is 92.5 Å². The van der Waals surface area contributed by atoms with Crippen LogP contribution in [0, 0.1) is 16.0 Å². The van der Waals surface area contributed by atoms with Gasteiger partial charge in [0.05, 0.1) is 10.5 Å². The van der Waals surface area contributed by atoms with Gasteiger partial charge in [-0.15, -0.1) is 0 Å². The Balaban J connectivity index is 2.01. The van der Waals surface area contributed by atoms with Crippen molar-refractivity contribution in [3.05, 3.63) is 68.8 Å². The van der Waals surface area contributed by atoms with Gasteiger partial charge in [0.15, 0.2) is 0 Å². The molecule has 3 unspecified atom stereocenters. The molecule has 1 aliphatic carbocycles. The van der Waals surface area contributed by atoms with Crippen LogP contribution < -0.4 is 5.32 Å². The molecule has 0 spiro atoms. The summed E-state index contributed by atoms with van der Waals surface area (Å²) < 4.78 is 39.9. The highest BCUT2D eigenvalue weighted by molar-refractivity contribution is 5.84. The Labute approximate surface area is 150 Å². The summed E-state index contributed by atoms with van der Waals surface area (Å²) in [6.07, 6.45) is -4.38. The molecule has 0 aromatic heterocycles. The van der Waals surface area contributed by atoms with Gasteiger partial charge in [0.2, 0.25) is 0 Å². The molecule has 140 valence electrons. The molecule has 0 saturated carbocycles. The molecule has 2 aromatic carbocycles. The van der Waals surface area contributed by atoms with Crippen molar-refractivity contribution in [1.82, 2.24) is 0 Å². The number of hydrogen-bond donors (Lipinski definition) is 2. The number of carbonyl (C=O) groups is 1. The quantitative estimate of drug-likeness (QED) is 0.613. The lowest BCUT2D eigenvalue weighted by molar-refractivity contribution is -0.384. The molecule has 3 atom stereocenters. The third-order valence-electron chi connectivity index (χ3n) is 5.28. The molecule has 9 heteroatoms. The summed E-state index contributed by atoms with van der Waals surface area (Å²) in [6, 6.07) is 7.24. The Bertz CT molecular complexity index is 974. The van der Waals surface area contributed by atoms with Crippen molar-refractivity contribution in [1.29, 1.82) is 0 Å². The number of nitrogens with zero attached hydrogens (tertiary/aromatic N) is 1. The summed E-state index contributed by atoms with van der Waals surface area (Å²) in [5.74, 6) is -2.38. The minimum atomic E-state index is -4.75. The van der Waals surface area contributed by atoms with Gasteiger partial charge in [0, 0.05) is 17.9 Å². The second-order valence-electron chi connectivity index (χ2n) is 6.72. The minimum absolute atomic E-state index is 0.115. The van der Waals surface area contributed by atoms with Gasteiger partial charge in [-0.1, -0.05) is 24.3 Å². The Morgan fingerprint density at radius 2 is 1.93 bits per heavy atom. The number of hydrogen-bond acceptors (Lipinski definition) is 4. The molecule has 0 radical (unpaired) electrons. The predicted molar refractivity (Wildman–Crippen MR) is 88.6 cm³/mol. The van der Waals surface area contributed by atoms with Gasteiger partial charge in [-0.25, -0.2) is 4.79 Å². The van der Waals surface area contributed by atoms with E-state index >= 15 is 0 Å². The summed E-state index contributed by atoms with van der Waals surface area (Å²) >= 11 is 0. The number of carboxylic acids is 1.